The Morgan fingerprint density at radius 1 is 1.29 bits per heavy atom. The fourth-order valence-corrected chi connectivity index (χ4v) is 1.91. The van der Waals surface area contributed by atoms with Gasteiger partial charge in [0.15, 0.2) is 0 Å². The molecule has 0 saturated heterocycles. The quantitative estimate of drug-likeness (QED) is 0.795. The first kappa shape index (κ1) is 11.6. The molecule has 1 heterocycles. The van der Waals surface area contributed by atoms with Crippen molar-refractivity contribution in [1.82, 2.24) is 9.13 Å². The van der Waals surface area contributed by atoms with Crippen molar-refractivity contribution >= 4 is 10.9 Å². The van der Waals surface area contributed by atoms with Crippen LogP contribution in [0.15, 0.2) is 27.8 Å². The Labute approximate surface area is 97.5 Å². The van der Waals surface area contributed by atoms with Gasteiger partial charge in [0.05, 0.1) is 24.1 Å². The fourth-order valence-electron chi connectivity index (χ4n) is 1.91. The number of nitrogens with zero attached hydrogens (tertiary/aromatic N) is 2. The van der Waals surface area contributed by atoms with Crippen LogP contribution in [0.1, 0.15) is 5.56 Å². The van der Waals surface area contributed by atoms with E-state index < -0.39 is 5.69 Å². The Morgan fingerprint density at radius 3 is 2.65 bits per heavy atom. The maximum absolute atomic E-state index is 12.0. The predicted molar refractivity (Wildman–Crippen MR) is 65.3 cm³/mol. The monoisotopic (exact) mass is 234 g/mol. The maximum atomic E-state index is 12.0. The fraction of sp³-hybridized carbons (Fsp3) is 0.333. The molecular formula is C12H14N2O3. The second-order valence-electron chi connectivity index (χ2n) is 4.04. The van der Waals surface area contributed by atoms with Gasteiger partial charge < -0.3 is 5.11 Å². The van der Waals surface area contributed by atoms with Crippen molar-refractivity contribution in [3.8, 4) is 0 Å². The number of aromatic nitrogens is 2. The van der Waals surface area contributed by atoms with E-state index in [-0.39, 0.29) is 18.7 Å². The molecule has 2 aromatic rings. The van der Waals surface area contributed by atoms with Gasteiger partial charge in [-0.2, -0.15) is 0 Å². The van der Waals surface area contributed by atoms with Crippen molar-refractivity contribution in [1.29, 1.82) is 0 Å². The van der Waals surface area contributed by atoms with Gasteiger partial charge in [-0.05, 0) is 24.6 Å². The van der Waals surface area contributed by atoms with Gasteiger partial charge >= 0.3 is 5.69 Å². The molecule has 90 valence electrons. The number of fused-ring (bicyclic) bond motifs is 1. The molecule has 1 aromatic carbocycles. The van der Waals surface area contributed by atoms with Gasteiger partial charge in [-0.25, -0.2) is 4.79 Å². The standard InChI is InChI=1S/C12H14N2O3/c1-8-3-4-9-10(7-8)13(2)12(17)14(5-6-15)11(9)16/h3-4,7,15H,5-6H2,1-2H3. The summed E-state index contributed by atoms with van der Waals surface area (Å²) in [5.74, 6) is 0. The normalized spacial score (nSPS) is 11.0. The van der Waals surface area contributed by atoms with Crippen molar-refractivity contribution in [2.75, 3.05) is 6.61 Å². The number of hydrogen-bond donors (Lipinski definition) is 1. The highest BCUT2D eigenvalue weighted by Gasteiger charge is 2.10. The summed E-state index contributed by atoms with van der Waals surface area (Å²) in [6.45, 7) is 1.70. The van der Waals surface area contributed by atoms with E-state index in [2.05, 4.69) is 0 Å². The van der Waals surface area contributed by atoms with E-state index in [0.717, 1.165) is 10.1 Å². The summed E-state index contributed by atoms with van der Waals surface area (Å²) in [4.78, 5) is 24.0. The highest BCUT2D eigenvalue weighted by molar-refractivity contribution is 5.78. The average molecular weight is 234 g/mol. The molecule has 2 rings (SSSR count). The summed E-state index contributed by atoms with van der Waals surface area (Å²) < 4.78 is 2.48. The molecule has 0 saturated carbocycles. The molecule has 1 aromatic heterocycles. The molecule has 0 aliphatic rings. The Hall–Kier alpha value is -1.88. The van der Waals surface area contributed by atoms with Crippen LogP contribution in [-0.4, -0.2) is 20.8 Å². The second kappa shape index (κ2) is 4.18. The minimum Gasteiger partial charge on any atom is -0.395 e. The summed E-state index contributed by atoms with van der Waals surface area (Å²) in [7, 11) is 1.62. The summed E-state index contributed by atoms with van der Waals surface area (Å²) in [6.07, 6.45) is 0. The summed E-state index contributed by atoms with van der Waals surface area (Å²) in [5.41, 5.74) is 0.861. The van der Waals surface area contributed by atoms with Crippen LogP contribution >= 0.6 is 0 Å². The third kappa shape index (κ3) is 1.78. The maximum Gasteiger partial charge on any atom is 0.331 e. The van der Waals surface area contributed by atoms with Crippen molar-refractivity contribution in [2.45, 2.75) is 13.5 Å². The molecule has 0 aliphatic carbocycles. The molecule has 1 N–H and O–H groups in total. The average Bonchev–Trinajstić information content (AvgIpc) is 2.32. The highest BCUT2D eigenvalue weighted by Crippen LogP contribution is 2.09. The smallest absolute Gasteiger partial charge is 0.331 e. The zero-order valence-corrected chi connectivity index (χ0v) is 9.80. The number of benzene rings is 1. The zero-order chi connectivity index (χ0) is 12.6. The first-order valence-electron chi connectivity index (χ1n) is 5.37. The molecule has 0 bridgehead atoms. The lowest BCUT2D eigenvalue weighted by Gasteiger charge is -2.09. The summed E-state index contributed by atoms with van der Waals surface area (Å²) in [5, 5.41) is 9.36. The number of aliphatic hydroxyl groups is 1. The van der Waals surface area contributed by atoms with E-state index in [1.165, 1.54) is 4.57 Å². The molecule has 5 nitrogen and oxygen atoms in total. The van der Waals surface area contributed by atoms with Crippen LogP contribution in [0.3, 0.4) is 0 Å². The molecule has 0 amide bonds. The van der Waals surface area contributed by atoms with E-state index in [1.807, 2.05) is 13.0 Å². The summed E-state index contributed by atoms with van der Waals surface area (Å²) in [6, 6.07) is 5.35. The van der Waals surface area contributed by atoms with Gasteiger partial charge in [0, 0.05) is 7.05 Å². The predicted octanol–water partition coefficient (Wildman–Crippen LogP) is 0.000920. The van der Waals surface area contributed by atoms with Gasteiger partial charge in [-0.15, -0.1) is 0 Å². The van der Waals surface area contributed by atoms with Crippen molar-refractivity contribution in [2.24, 2.45) is 7.05 Å². The molecule has 0 unspecified atom stereocenters. The van der Waals surface area contributed by atoms with Crippen LogP contribution in [0.5, 0.6) is 0 Å². The van der Waals surface area contributed by atoms with Crippen LogP contribution in [0.2, 0.25) is 0 Å². The third-order valence-electron chi connectivity index (χ3n) is 2.83. The molecular weight excluding hydrogens is 220 g/mol. The lowest BCUT2D eigenvalue weighted by atomic mass is 10.2. The molecule has 0 spiro atoms. The zero-order valence-electron chi connectivity index (χ0n) is 9.80. The van der Waals surface area contributed by atoms with Crippen molar-refractivity contribution < 1.29 is 5.11 Å². The van der Waals surface area contributed by atoms with E-state index >= 15 is 0 Å². The number of rotatable bonds is 2. The minimum atomic E-state index is -0.401. The Kier molecular flexibility index (Phi) is 2.85. The van der Waals surface area contributed by atoms with Crippen LogP contribution in [0.25, 0.3) is 10.9 Å². The molecule has 0 radical (unpaired) electrons. The minimum absolute atomic E-state index is 0.0231. The van der Waals surface area contributed by atoms with Gasteiger partial charge in [0.25, 0.3) is 5.56 Å². The largest absolute Gasteiger partial charge is 0.395 e. The first-order chi connectivity index (χ1) is 8.06. The van der Waals surface area contributed by atoms with E-state index in [1.54, 1.807) is 19.2 Å². The van der Waals surface area contributed by atoms with Crippen LogP contribution in [0.4, 0.5) is 0 Å². The van der Waals surface area contributed by atoms with Gasteiger partial charge in [-0.3, -0.25) is 13.9 Å². The number of aryl methyl sites for hydroxylation is 2. The SMILES string of the molecule is Cc1ccc2c(=O)n(CCO)c(=O)n(C)c2c1. The lowest BCUT2D eigenvalue weighted by Crippen LogP contribution is -2.39. The van der Waals surface area contributed by atoms with Crippen molar-refractivity contribution in [3.63, 3.8) is 0 Å². The van der Waals surface area contributed by atoms with Gasteiger partial charge in [0.2, 0.25) is 0 Å². The third-order valence-corrected chi connectivity index (χ3v) is 2.83. The summed E-state index contributed by atoms with van der Waals surface area (Å²) >= 11 is 0. The Bertz CT molecular complexity index is 682. The van der Waals surface area contributed by atoms with Gasteiger partial charge in [-0.1, -0.05) is 6.07 Å². The molecule has 5 heteroatoms. The van der Waals surface area contributed by atoms with Crippen LogP contribution in [0, 0.1) is 6.92 Å². The second-order valence-corrected chi connectivity index (χ2v) is 4.04. The van der Waals surface area contributed by atoms with Crippen LogP contribution < -0.4 is 11.2 Å². The van der Waals surface area contributed by atoms with Crippen LogP contribution in [-0.2, 0) is 13.6 Å². The van der Waals surface area contributed by atoms with E-state index in [0.29, 0.717) is 10.9 Å². The number of hydrogen-bond acceptors (Lipinski definition) is 3. The Balaban J connectivity index is 2.95. The lowest BCUT2D eigenvalue weighted by molar-refractivity contribution is 0.271. The van der Waals surface area contributed by atoms with Crippen molar-refractivity contribution in [3.05, 3.63) is 44.6 Å². The highest BCUT2D eigenvalue weighted by atomic mass is 16.3. The topological polar surface area (TPSA) is 64.2 Å². The molecule has 17 heavy (non-hydrogen) atoms. The molecule has 0 aliphatic heterocycles. The first-order valence-corrected chi connectivity index (χ1v) is 5.37. The van der Waals surface area contributed by atoms with Gasteiger partial charge in [0.1, 0.15) is 0 Å². The Morgan fingerprint density at radius 2 is 2.00 bits per heavy atom. The molecule has 0 atom stereocenters. The van der Waals surface area contributed by atoms with E-state index in [9.17, 15) is 9.59 Å². The molecule has 0 fully saturated rings. The number of aliphatic hydroxyl groups excluding tert-OH is 1. The van der Waals surface area contributed by atoms with E-state index in [4.69, 9.17) is 5.11 Å².